The Kier molecular flexibility index (Phi) is 4.32. The minimum Gasteiger partial charge on any atom is -0.388 e. The Morgan fingerprint density at radius 1 is 1.09 bits per heavy atom. The highest BCUT2D eigenvalue weighted by Crippen LogP contribution is 2.62. The first-order chi connectivity index (χ1) is 10.4. The number of hydrogen-bond donors (Lipinski definition) is 3. The van der Waals surface area contributed by atoms with Gasteiger partial charge in [-0.25, -0.2) is 0 Å². The second kappa shape index (κ2) is 5.95. The third-order valence-electron chi connectivity index (χ3n) is 6.27. The van der Waals surface area contributed by atoms with E-state index in [-0.39, 0.29) is 6.04 Å². The van der Waals surface area contributed by atoms with Crippen LogP contribution >= 0.6 is 0 Å². The first-order valence-corrected chi connectivity index (χ1v) is 8.62. The molecule has 3 heteroatoms. The number of benzene rings is 1. The van der Waals surface area contributed by atoms with Crippen molar-refractivity contribution in [3.63, 3.8) is 0 Å². The molecule has 0 unspecified atom stereocenters. The summed E-state index contributed by atoms with van der Waals surface area (Å²) in [6.45, 7) is 9.41. The molecule has 0 amide bonds. The molecule has 2 bridgehead atoms. The van der Waals surface area contributed by atoms with Gasteiger partial charge in [-0.15, -0.1) is 0 Å². The van der Waals surface area contributed by atoms with E-state index in [1.165, 1.54) is 12.0 Å². The van der Waals surface area contributed by atoms with Crippen molar-refractivity contribution in [1.29, 1.82) is 0 Å². The highest BCUT2D eigenvalue weighted by atomic mass is 16.3. The van der Waals surface area contributed by atoms with E-state index in [1.807, 2.05) is 13.0 Å². The van der Waals surface area contributed by atoms with Crippen LogP contribution in [0.15, 0.2) is 30.3 Å². The fraction of sp³-hybridized carbons (Fsp3) is 0.684. The number of nitrogens with one attached hydrogen (secondary N) is 2. The topological polar surface area (TPSA) is 44.3 Å². The van der Waals surface area contributed by atoms with Gasteiger partial charge in [-0.05, 0) is 42.6 Å². The Hall–Kier alpha value is -0.900. The summed E-state index contributed by atoms with van der Waals surface area (Å²) >= 11 is 0. The second-order valence-corrected chi connectivity index (χ2v) is 7.94. The van der Waals surface area contributed by atoms with E-state index in [1.54, 1.807) is 0 Å². The molecule has 3 saturated carbocycles. The third-order valence-corrected chi connectivity index (χ3v) is 6.27. The van der Waals surface area contributed by atoms with Crippen molar-refractivity contribution in [2.24, 2.45) is 17.3 Å². The van der Waals surface area contributed by atoms with E-state index in [9.17, 15) is 5.11 Å². The van der Waals surface area contributed by atoms with Crippen LogP contribution < -0.4 is 10.6 Å². The van der Waals surface area contributed by atoms with E-state index >= 15 is 0 Å². The predicted molar refractivity (Wildman–Crippen MR) is 90.6 cm³/mol. The minimum absolute atomic E-state index is 0.239. The maximum absolute atomic E-state index is 10.9. The van der Waals surface area contributed by atoms with Crippen LogP contribution in [-0.2, 0) is 6.54 Å². The van der Waals surface area contributed by atoms with E-state index < -0.39 is 5.60 Å². The van der Waals surface area contributed by atoms with Gasteiger partial charge in [0, 0.05) is 25.7 Å². The molecule has 0 aromatic heterocycles. The lowest BCUT2D eigenvalue weighted by molar-refractivity contribution is -0.209. The number of fused-ring (bicyclic) bond motifs is 2. The van der Waals surface area contributed by atoms with Gasteiger partial charge in [-0.3, -0.25) is 0 Å². The summed E-state index contributed by atoms with van der Waals surface area (Å²) in [6, 6.07) is 10.7. The monoisotopic (exact) mass is 302 g/mol. The molecule has 3 aliphatic carbocycles. The summed E-state index contributed by atoms with van der Waals surface area (Å²) in [5.41, 5.74) is 1.06. The summed E-state index contributed by atoms with van der Waals surface area (Å²) < 4.78 is 0. The average Bonchev–Trinajstić information content (AvgIpc) is 2.48. The van der Waals surface area contributed by atoms with Crippen molar-refractivity contribution in [2.45, 2.75) is 51.8 Å². The molecule has 22 heavy (non-hydrogen) atoms. The third kappa shape index (κ3) is 2.82. The average molecular weight is 302 g/mol. The van der Waals surface area contributed by atoms with Crippen LogP contribution in [0.25, 0.3) is 0 Å². The van der Waals surface area contributed by atoms with Gasteiger partial charge in [0.2, 0.25) is 0 Å². The highest BCUT2D eigenvalue weighted by molar-refractivity contribution is 5.15. The second-order valence-electron chi connectivity index (χ2n) is 7.94. The van der Waals surface area contributed by atoms with Crippen molar-refractivity contribution in [3.8, 4) is 0 Å². The van der Waals surface area contributed by atoms with Crippen molar-refractivity contribution < 1.29 is 5.11 Å². The Balaban J connectivity index is 1.41. The van der Waals surface area contributed by atoms with Crippen molar-refractivity contribution >= 4 is 0 Å². The summed E-state index contributed by atoms with van der Waals surface area (Å²) in [5.74, 6) is 1.21. The predicted octanol–water partition coefficient (Wildman–Crippen LogP) is 2.55. The van der Waals surface area contributed by atoms with Crippen LogP contribution in [0.5, 0.6) is 0 Å². The Bertz CT molecular complexity index is 497. The molecule has 3 N–H and O–H groups in total. The Labute approximate surface area is 134 Å². The molecular weight excluding hydrogens is 272 g/mol. The molecular formula is C19H30N2O. The zero-order valence-electron chi connectivity index (χ0n) is 14.1. The Morgan fingerprint density at radius 2 is 1.82 bits per heavy atom. The van der Waals surface area contributed by atoms with Crippen LogP contribution in [0.2, 0.25) is 0 Å². The quantitative estimate of drug-likeness (QED) is 0.708. The van der Waals surface area contributed by atoms with Crippen LogP contribution in [0.4, 0.5) is 0 Å². The molecule has 1 aromatic carbocycles. The molecule has 0 heterocycles. The molecule has 3 nitrogen and oxygen atoms in total. The first kappa shape index (κ1) is 16.0. The van der Waals surface area contributed by atoms with E-state index in [0.717, 1.165) is 32.0 Å². The molecule has 0 aliphatic heterocycles. The van der Waals surface area contributed by atoms with Gasteiger partial charge >= 0.3 is 0 Å². The lowest BCUT2D eigenvalue weighted by Gasteiger charge is -2.65. The summed E-state index contributed by atoms with van der Waals surface area (Å²) in [5, 5.41) is 18.0. The molecule has 122 valence electrons. The van der Waals surface area contributed by atoms with Gasteiger partial charge in [0.05, 0.1) is 5.60 Å². The molecule has 4 rings (SSSR count). The maximum Gasteiger partial charge on any atom is 0.0805 e. The molecule has 3 aliphatic rings. The standard InChI is InChI=1S/C19H30N2O/c1-18(2)15-11-16(18)19(3,22)17(12-15)21-10-9-20-13-14-7-5-4-6-8-14/h4-8,15-17,20-22H,9-13H2,1-3H3/t15-,16-,17-,19-/m1/s1. The summed E-state index contributed by atoms with van der Waals surface area (Å²) in [4.78, 5) is 0. The van der Waals surface area contributed by atoms with E-state index in [0.29, 0.717) is 11.3 Å². The molecule has 0 radical (unpaired) electrons. The van der Waals surface area contributed by atoms with Gasteiger partial charge in [0.15, 0.2) is 0 Å². The van der Waals surface area contributed by atoms with E-state index in [2.05, 4.69) is 48.7 Å². The largest absolute Gasteiger partial charge is 0.388 e. The van der Waals surface area contributed by atoms with Crippen molar-refractivity contribution in [3.05, 3.63) is 35.9 Å². The van der Waals surface area contributed by atoms with Crippen LogP contribution in [0, 0.1) is 17.3 Å². The molecule has 0 spiro atoms. The molecule has 4 atom stereocenters. The fourth-order valence-corrected chi connectivity index (χ4v) is 4.63. The van der Waals surface area contributed by atoms with Gasteiger partial charge in [-0.1, -0.05) is 44.2 Å². The summed E-state index contributed by atoms with van der Waals surface area (Å²) in [7, 11) is 0. The lowest BCUT2D eigenvalue weighted by Crippen LogP contribution is -2.69. The number of rotatable bonds is 6. The number of hydrogen-bond acceptors (Lipinski definition) is 3. The molecule has 3 fully saturated rings. The van der Waals surface area contributed by atoms with Crippen LogP contribution in [0.3, 0.4) is 0 Å². The number of aliphatic hydroxyl groups is 1. The van der Waals surface area contributed by atoms with Gasteiger partial charge < -0.3 is 15.7 Å². The highest BCUT2D eigenvalue weighted by Gasteiger charge is 2.62. The van der Waals surface area contributed by atoms with Crippen molar-refractivity contribution in [2.75, 3.05) is 13.1 Å². The van der Waals surface area contributed by atoms with Crippen molar-refractivity contribution in [1.82, 2.24) is 10.6 Å². The smallest absolute Gasteiger partial charge is 0.0805 e. The van der Waals surface area contributed by atoms with Gasteiger partial charge in [0.25, 0.3) is 0 Å². The first-order valence-electron chi connectivity index (χ1n) is 8.62. The fourth-order valence-electron chi connectivity index (χ4n) is 4.63. The summed E-state index contributed by atoms with van der Waals surface area (Å²) in [6.07, 6.45) is 2.31. The lowest BCUT2D eigenvalue weighted by atomic mass is 9.43. The Morgan fingerprint density at radius 3 is 2.45 bits per heavy atom. The molecule has 0 saturated heterocycles. The SMILES string of the molecule is CC1(C)[C@@H]2C[C@H]1[C@@](C)(O)[C@H](NCCNCc1ccccc1)C2. The minimum atomic E-state index is -0.572. The normalized spacial score (nSPS) is 35.9. The van der Waals surface area contributed by atoms with Gasteiger partial charge in [-0.2, -0.15) is 0 Å². The zero-order valence-corrected chi connectivity index (χ0v) is 14.1. The van der Waals surface area contributed by atoms with Gasteiger partial charge in [0.1, 0.15) is 0 Å². The molecule has 1 aromatic rings. The maximum atomic E-state index is 10.9. The zero-order chi connectivity index (χ0) is 15.8. The van der Waals surface area contributed by atoms with Crippen LogP contribution in [-0.4, -0.2) is 29.8 Å². The van der Waals surface area contributed by atoms with Crippen LogP contribution in [0.1, 0.15) is 39.2 Å². The van der Waals surface area contributed by atoms with E-state index in [4.69, 9.17) is 0 Å².